The molecule has 1 saturated carbocycles. The molecule has 0 aliphatic heterocycles. The second-order valence-corrected chi connectivity index (χ2v) is 4.72. The van der Waals surface area contributed by atoms with Gasteiger partial charge < -0.3 is 14.7 Å². The zero-order chi connectivity index (χ0) is 10.7. The van der Waals surface area contributed by atoms with Crippen molar-refractivity contribution in [3.05, 3.63) is 16.7 Å². The Morgan fingerprint density at radius 1 is 1.47 bits per heavy atom. The number of aromatic amines is 1. The SMILES string of the molecule is OCc1c[nH]c(=S)n1CCC1CCCC1. The summed E-state index contributed by atoms with van der Waals surface area (Å²) in [6, 6.07) is 0. The van der Waals surface area contributed by atoms with E-state index < -0.39 is 0 Å². The molecule has 0 amide bonds. The highest BCUT2D eigenvalue weighted by molar-refractivity contribution is 7.71. The van der Waals surface area contributed by atoms with Crippen LogP contribution in [0, 0.1) is 10.7 Å². The number of hydrogen-bond donors (Lipinski definition) is 2. The molecule has 0 unspecified atom stereocenters. The van der Waals surface area contributed by atoms with E-state index in [1.54, 1.807) is 6.20 Å². The second-order valence-electron chi connectivity index (χ2n) is 4.33. The van der Waals surface area contributed by atoms with Crippen molar-refractivity contribution in [2.75, 3.05) is 0 Å². The molecule has 84 valence electrons. The largest absolute Gasteiger partial charge is 0.390 e. The Morgan fingerprint density at radius 2 is 2.20 bits per heavy atom. The van der Waals surface area contributed by atoms with Crippen LogP contribution >= 0.6 is 12.2 Å². The maximum Gasteiger partial charge on any atom is 0.177 e. The Hall–Kier alpha value is -0.610. The lowest BCUT2D eigenvalue weighted by molar-refractivity contribution is 0.268. The lowest BCUT2D eigenvalue weighted by Gasteiger charge is -2.10. The number of imidazole rings is 1. The third-order valence-electron chi connectivity index (χ3n) is 3.35. The summed E-state index contributed by atoms with van der Waals surface area (Å²) < 4.78 is 2.75. The van der Waals surface area contributed by atoms with Gasteiger partial charge in [-0.3, -0.25) is 0 Å². The van der Waals surface area contributed by atoms with E-state index in [-0.39, 0.29) is 6.61 Å². The fraction of sp³-hybridized carbons (Fsp3) is 0.727. The first-order valence-electron chi connectivity index (χ1n) is 5.69. The van der Waals surface area contributed by atoms with Crippen molar-refractivity contribution in [3.63, 3.8) is 0 Å². The number of aliphatic hydroxyl groups is 1. The molecule has 0 aromatic carbocycles. The van der Waals surface area contributed by atoms with Gasteiger partial charge in [0.05, 0.1) is 12.3 Å². The Labute approximate surface area is 95.1 Å². The smallest absolute Gasteiger partial charge is 0.177 e. The monoisotopic (exact) mass is 226 g/mol. The first kappa shape index (κ1) is 10.9. The van der Waals surface area contributed by atoms with E-state index in [9.17, 15) is 0 Å². The van der Waals surface area contributed by atoms with Crippen molar-refractivity contribution < 1.29 is 5.11 Å². The predicted molar refractivity (Wildman–Crippen MR) is 62.1 cm³/mol. The van der Waals surface area contributed by atoms with E-state index in [1.165, 1.54) is 32.1 Å². The van der Waals surface area contributed by atoms with Gasteiger partial charge in [-0.2, -0.15) is 0 Å². The van der Waals surface area contributed by atoms with E-state index in [2.05, 4.69) is 4.98 Å². The lowest BCUT2D eigenvalue weighted by Crippen LogP contribution is -2.07. The van der Waals surface area contributed by atoms with Crippen molar-refractivity contribution in [1.29, 1.82) is 0 Å². The van der Waals surface area contributed by atoms with Gasteiger partial charge in [-0.1, -0.05) is 25.7 Å². The molecule has 3 nitrogen and oxygen atoms in total. The van der Waals surface area contributed by atoms with E-state index in [4.69, 9.17) is 17.3 Å². The average molecular weight is 226 g/mol. The van der Waals surface area contributed by atoms with Crippen molar-refractivity contribution in [3.8, 4) is 0 Å². The van der Waals surface area contributed by atoms with Gasteiger partial charge in [-0.15, -0.1) is 0 Å². The zero-order valence-electron chi connectivity index (χ0n) is 8.91. The molecule has 0 bridgehead atoms. The minimum atomic E-state index is 0.0673. The number of aromatic nitrogens is 2. The van der Waals surface area contributed by atoms with Gasteiger partial charge in [0.2, 0.25) is 0 Å². The second kappa shape index (κ2) is 4.94. The summed E-state index contributed by atoms with van der Waals surface area (Å²) in [5, 5.41) is 9.14. The van der Waals surface area contributed by atoms with Gasteiger partial charge in [0.25, 0.3) is 0 Å². The third kappa shape index (κ3) is 2.49. The molecular weight excluding hydrogens is 208 g/mol. The Bertz CT molecular complexity index is 363. The summed E-state index contributed by atoms with van der Waals surface area (Å²) in [7, 11) is 0. The van der Waals surface area contributed by atoms with E-state index in [0.717, 1.165) is 22.9 Å². The predicted octanol–water partition coefficient (Wildman–Crippen LogP) is 2.62. The van der Waals surface area contributed by atoms with Crippen LogP contribution in [0.3, 0.4) is 0 Å². The molecule has 1 aromatic rings. The van der Waals surface area contributed by atoms with Crippen LogP contribution in [0.1, 0.15) is 37.8 Å². The number of aliphatic hydroxyl groups excluding tert-OH is 1. The van der Waals surface area contributed by atoms with Crippen LogP contribution < -0.4 is 0 Å². The molecule has 0 spiro atoms. The molecule has 15 heavy (non-hydrogen) atoms. The van der Waals surface area contributed by atoms with Crippen LogP contribution in [-0.4, -0.2) is 14.7 Å². The number of rotatable bonds is 4. The third-order valence-corrected chi connectivity index (χ3v) is 3.69. The molecule has 1 aliphatic rings. The molecule has 1 aromatic heterocycles. The molecule has 4 heteroatoms. The van der Waals surface area contributed by atoms with Crippen LogP contribution in [0.4, 0.5) is 0 Å². The highest BCUT2D eigenvalue weighted by Crippen LogP contribution is 2.28. The summed E-state index contributed by atoms with van der Waals surface area (Å²) in [5.41, 5.74) is 0.901. The highest BCUT2D eigenvalue weighted by atomic mass is 32.1. The summed E-state index contributed by atoms with van der Waals surface area (Å²) in [6.07, 6.45) is 8.50. The minimum Gasteiger partial charge on any atom is -0.390 e. The fourth-order valence-corrected chi connectivity index (χ4v) is 2.69. The maximum absolute atomic E-state index is 9.14. The maximum atomic E-state index is 9.14. The zero-order valence-corrected chi connectivity index (χ0v) is 9.72. The molecule has 0 saturated heterocycles. The van der Waals surface area contributed by atoms with Gasteiger partial charge in [-0.25, -0.2) is 0 Å². The summed E-state index contributed by atoms with van der Waals surface area (Å²) in [4.78, 5) is 2.98. The van der Waals surface area contributed by atoms with Crippen molar-refractivity contribution >= 4 is 12.2 Å². The van der Waals surface area contributed by atoms with Gasteiger partial charge >= 0.3 is 0 Å². The first-order valence-corrected chi connectivity index (χ1v) is 6.10. The minimum absolute atomic E-state index is 0.0673. The molecule has 0 radical (unpaired) electrons. The molecule has 1 fully saturated rings. The Morgan fingerprint density at radius 3 is 2.87 bits per heavy atom. The van der Waals surface area contributed by atoms with Crippen molar-refractivity contribution in [2.45, 2.75) is 45.3 Å². The van der Waals surface area contributed by atoms with Crippen LogP contribution in [0.25, 0.3) is 0 Å². The number of nitrogens with zero attached hydrogens (tertiary/aromatic N) is 1. The number of nitrogens with one attached hydrogen (secondary N) is 1. The van der Waals surface area contributed by atoms with Crippen LogP contribution in [0.5, 0.6) is 0 Å². The topological polar surface area (TPSA) is 40.9 Å². The van der Waals surface area contributed by atoms with Gasteiger partial charge in [0.1, 0.15) is 0 Å². The van der Waals surface area contributed by atoms with Crippen LogP contribution in [0.2, 0.25) is 0 Å². The molecule has 0 atom stereocenters. The van der Waals surface area contributed by atoms with Gasteiger partial charge in [-0.05, 0) is 24.6 Å². The first-order chi connectivity index (χ1) is 7.31. The molecule has 2 rings (SSSR count). The van der Waals surface area contributed by atoms with Gasteiger partial charge in [0.15, 0.2) is 4.77 Å². The molecule has 2 N–H and O–H groups in total. The standard InChI is InChI=1S/C11H18N2OS/c14-8-10-7-12-11(15)13(10)6-5-9-3-1-2-4-9/h7,9,14H,1-6,8H2,(H,12,15). The summed E-state index contributed by atoms with van der Waals surface area (Å²) >= 11 is 5.18. The Kier molecular flexibility index (Phi) is 3.59. The Balaban J connectivity index is 1.97. The molecule has 1 aliphatic carbocycles. The van der Waals surface area contributed by atoms with Crippen LogP contribution in [0.15, 0.2) is 6.20 Å². The van der Waals surface area contributed by atoms with E-state index in [1.807, 2.05) is 4.57 Å². The number of hydrogen-bond acceptors (Lipinski definition) is 2. The van der Waals surface area contributed by atoms with Crippen LogP contribution in [-0.2, 0) is 13.2 Å². The highest BCUT2D eigenvalue weighted by Gasteiger charge is 2.15. The molecular formula is C11H18N2OS. The summed E-state index contributed by atoms with van der Waals surface area (Å²) in [6.45, 7) is 1.01. The number of H-pyrrole nitrogens is 1. The normalized spacial score (nSPS) is 17.4. The fourth-order valence-electron chi connectivity index (χ4n) is 2.42. The van der Waals surface area contributed by atoms with E-state index in [0.29, 0.717) is 0 Å². The quantitative estimate of drug-likeness (QED) is 0.775. The van der Waals surface area contributed by atoms with Crippen molar-refractivity contribution in [2.24, 2.45) is 5.92 Å². The van der Waals surface area contributed by atoms with Gasteiger partial charge in [0, 0.05) is 12.7 Å². The lowest BCUT2D eigenvalue weighted by atomic mass is 10.0. The molecule has 1 heterocycles. The van der Waals surface area contributed by atoms with E-state index >= 15 is 0 Å². The summed E-state index contributed by atoms with van der Waals surface area (Å²) in [5.74, 6) is 0.869. The average Bonchev–Trinajstić information content (AvgIpc) is 2.84. The van der Waals surface area contributed by atoms with Crippen molar-refractivity contribution in [1.82, 2.24) is 9.55 Å².